The molecule has 0 unspecified atom stereocenters. The molecule has 11 nitrogen and oxygen atoms in total. The van der Waals surface area contributed by atoms with Gasteiger partial charge in [0.05, 0.1) is 0 Å². The van der Waals surface area contributed by atoms with E-state index in [1.54, 1.807) is 4.90 Å². The van der Waals surface area contributed by atoms with Crippen LogP contribution < -0.4 is 26.6 Å². The van der Waals surface area contributed by atoms with Crippen molar-refractivity contribution in [1.29, 1.82) is 0 Å². The maximum absolute atomic E-state index is 12.5. The second kappa shape index (κ2) is 17.9. The minimum absolute atomic E-state index is 0. The third-order valence-electron chi connectivity index (χ3n) is 9.18. The standard InChI is InChI=1S/C32H51N9O2.CH4/c33-29-37-30(36-23-26-14-12-25(13-15-26)22-34-16-7-17-35-28-10-5-2-6-11-28)39-31(38-29)40-18-20-41(21-19-40)32(42)43-24-27-8-3-1-4-9-27;/h1,3-4,8-9,25-26,28,34-35H,2,5-7,10-24H2,(H3,33,36,37,38,39);1H4. The summed E-state index contributed by atoms with van der Waals surface area (Å²) < 4.78 is 5.49. The largest absolute Gasteiger partial charge is 0.445 e. The molecule has 5 rings (SSSR count). The number of carbonyl (C=O) groups excluding carboxylic acids is 1. The highest BCUT2D eigenvalue weighted by molar-refractivity contribution is 5.68. The number of nitrogens with zero attached hydrogens (tertiary/aromatic N) is 5. The van der Waals surface area contributed by atoms with Gasteiger partial charge in [0.25, 0.3) is 0 Å². The number of hydrogen-bond acceptors (Lipinski definition) is 10. The van der Waals surface area contributed by atoms with Crippen LogP contribution in [0, 0.1) is 11.8 Å². The van der Waals surface area contributed by atoms with Crippen molar-refractivity contribution in [2.45, 2.75) is 84.3 Å². The molecule has 0 spiro atoms. The van der Waals surface area contributed by atoms with Crippen LogP contribution in [0.25, 0.3) is 0 Å². The lowest BCUT2D eigenvalue weighted by atomic mass is 9.82. The molecule has 44 heavy (non-hydrogen) atoms. The van der Waals surface area contributed by atoms with Gasteiger partial charge in [0.15, 0.2) is 0 Å². The molecule has 3 aliphatic rings. The highest BCUT2D eigenvalue weighted by atomic mass is 16.6. The predicted octanol–water partition coefficient (Wildman–Crippen LogP) is 4.67. The summed E-state index contributed by atoms with van der Waals surface area (Å²) in [6.45, 7) is 6.80. The minimum atomic E-state index is -0.298. The number of aromatic nitrogens is 3. The first-order chi connectivity index (χ1) is 21.1. The van der Waals surface area contributed by atoms with E-state index in [4.69, 9.17) is 10.5 Å². The molecule has 1 amide bonds. The average molecular weight is 610 g/mol. The molecule has 2 heterocycles. The lowest BCUT2D eigenvalue weighted by molar-refractivity contribution is 0.0940. The number of rotatable bonds is 13. The van der Waals surface area contributed by atoms with Crippen molar-refractivity contribution in [1.82, 2.24) is 30.5 Å². The third kappa shape index (κ3) is 10.8. The number of hydrogen-bond donors (Lipinski definition) is 4. The Bertz CT molecular complexity index is 1100. The van der Waals surface area contributed by atoms with Gasteiger partial charge in [0.2, 0.25) is 17.8 Å². The molecule has 5 N–H and O–H groups in total. The number of nitrogen functional groups attached to an aromatic ring is 1. The summed E-state index contributed by atoms with van der Waals surface area (Å²) in [6, 6.07) is 10.5. The molecule has 0 bridgehead atoms. The molecule has 11 heteroatoms. The van der Waals surface area contributed by atoms with Crippen LogP contribution >= 0.6 is 0 Å². The van der Waals surface area contributed by atoms with E-state index in [1.807, 2.05) is 30.3 Å². The van der Waals surface area contributed by atoms with Gasteiger partial charge in [-0.15, -0.1) is 0 Å². The van der Waals surface area contributed by atoms with E-state index in [-0.39, 0.29) is 26.1 Å². The molecule has 0 atom stereocenters. The summed E-state index contributed by atoms with van der Waals surface area (Å²) in [5.74, 6) is 2.67. The number of anilines is 3. The molecular formula is C33H55N9O2. The van der Waals surface area contributed by atoms with Crippen LogP contribution in [0.1, 0.15) is 77.2 Å². The van der Waals surface area contributed by atoms with Gasteiger partial charge in [-0.3, -0.25) is 0 Å². The van der Waals surface area contributed by atoms with Gasteiger partial charge in [-0.25, -0.2) is 4.79 Å². The molecule has 1 aromatic carbocycles. The quantitative estimate of drug-likeness (QED) is 0.238. The van der Waals surface area contributed by atoms with Crippen LogP contribution in [-0.2, 0) is 11.3 Å². The van der Waals surface area contributed by atoms with Gasteiger partial charge in [0, 0.05) is 38.8 Å². The van der Waals surface area contributed by atoms with Crippen molar-refractivity contribution in [3.63, 3.8) is 0 Å². The normalized spacial score (nSPS) is 21.0. The Morgan fingerprint density at radius 1 is 0.864 bits per heavy atom. The van der Waals surface area contributed by atoms with E-state index < -0.39 is 0 Å². The van der Waals surface area contributed by atoms with E-state index in [1.165, 1.54) is 64.2 Å². The molecular weight excluding hydrogens is 554 g/mol. The Balaban J connectivity index is 0.00000442. The lowest BCUT2D eigenvalue weighted by Gasteiger charge is -2.34. The summed E-state index contributed by atoms with van der Waals surface area (Å²) in [5, 5.41) is 10.9. The Morgan fingerprint density at radius 3 is 2.30 bits per heavy atom. The van der Waals surface area contributed by atoms with Gasteiger partial charge in [-0.05, 0) is 82.0 Å². The molecule has 0 radical (unpaired) electrons. The summed E-state index contributed by atoms with van der Waals surface area (Å²) in [7, 11) is 0. The number of nitrogens with two attached hydrogens (primary N) is 1. The summed E-state index contributed by atoms with van der Waals surface area (Å²) in [4.78, 5) is 29.7. The minimum Gasteiger partial charge on any atom is -0.445 e. The summed E-state index contributed by atoms with van der Waals surface area (Å²) in [5.41, 5.74) is 7.03. The number of ether oxygens (including phenoxy) is 1. The molecule has 1 aromatic heterocycles. The fraction of sp³-hybridized carbons (Fsp3) is 0.697. The molecule has 2 aromatic rings. The van der Waals surface area contributed by atoms with Crippen molar-refractivity contribution < 1.29 is 9.53 Å². The molecule has 3 fully saturated rings. The highest BCUT2D eigenvalue weighted by Crippen LogP contribution is 2.28. The van der Waals surface area contributed by atoms with E-state index >= 15 is 0 Å². The zero-order chi connectivity index (χ0) is 29.7. The van der Waals surface area contributed by atoms with Crippen LogP contribution in [-0.4, -0.2) is 84.3 Å². The molecule has 2 saturated carbocycles. The first-order valence-corrected chi connectivity index (χ1v) is 16.5. The Kier molecular flexibility index (Phi) is 13.8. The first kappa shape index (κ1) is 33.7. The number of benzene rings is 1. The van der Waals surface area contributed by atoms with Crippen LogP contribution in [0.3, 0.4) is 0 Å². The predicted molar refractivity (Wildman–Crippen MR) is 178 cm³/mol. The topological polar surface area (TPSA) is 134 Å². The molecule has 244 valence electrons. The zero-order valence-electron chi connectivity index (χ0n) is 25.7. The zero-order valence-corrected chi connectivity index (χ0v) is 25.7. The van der Waals surface area contributed by atoms with Crippen molar-refractivity contribution in [3.05, 3.63) is 35.9 Å². The van der Waals surface area contributed by atoms with Crippen molar-refractivity contribution in [2.75, 3.05) is 68.3 Å². The maximum atomic E-state index is 12.5. The van der Waals surface area contributed by atoms with Crippen molar-refractivity contribution in [2.24, 2.45) is 11.8 Å². The average Bonchev–Trinajstić information content (AvgIpc) is 3.05. The SMILES string of the molecule is C.Nc1nc(NCC2CCC(CNCCCNC3CCCCC3)CC2)nc(N2CCN(C(=O)OCc3ccccc3)CC2)n1. The van der Waals surface area contributed by atoms with Gasteiger partial charge in [-0.1, -0.05) is 57.0 Å². The van der Waals surface area contributed by atoms with E-state index in [2.05, 4.69) is 35.8 Å². The van der Waals surface area contributed by atoms with Gasteiger partial charge >= 0.3 is 6.09 Å². The molecule has 1 saturated heterocycles. The van der Waals surface area contributed by atoms with Gasteiger partial charge in [0.1, 0.15) is 6.61 Å². The third-order valence-corrected chi connectivity index (χ3v) is 9.18. The van der Waals surface area contributed by atoms with Crippen molar-refractivity contribution >= 4 is 23.9 Å². The second-order valence-electron chi connectivity index (χ2n) is 12.4. The maximum Gasteiger partial charge on any atom is 0.410 e. The smallest absolute Gasteiger partial charge is 0.410 e. The van der Waals surface area contributed by atoms with Gasteiger partial charge < -0.3 is 36.2 Å². The first-order valence-electron chi connectivity index (χ1n) is 16.5. The van der Waals surface area contributed by atoms with Crippen LogP contribution in [0.5, 0.6) is 0 Å². The Morgan fingerprint density at radius 2 is 1.57 bits per heavy atom. The number of piperazine rings is 1. The van der Waals surface area contributed by atoms with Crippen LogP contribution in [0.4, 0.5) is 22.6 Å². The van der Waals surface area contributed by atoms with E-state index in [0.717, 1.165) is 43.7 Å². The lowest BCUT2D eigenvalue weighted by Crippen LogP contribution is -2.49. The van der Waals surface area contributed by atoms with Gasteiger partial charge in [-0.2, -0.15) is 15.0 Å². The van der Waals surface area contributed by atoms with Crippen molar-refractivity contribution in [3.8, 4) is 0 Å². The molecule has 1 aliphatic heterocycles. The fourth-order valence-corrected chi connectivity index (χ4v) is 6.51. The van der Waals surface area contributed by atoms with Crippen LogP contribution in [0.15, 0.2) is 30.3 Å². The number of carbonyl (C=O) groups is 1. The number of amides is 1. The number of nitrogens with one attached hydrogen (secondary N) is 3. The summed E-state index contributed by atoms with van der Waals surface area (Å²) in [6.07, 6.45) is 12.8. The van der Waals surface area contributed by atoms with E-state index in [0.29, 0.717) is 44.0 Å². The second-order valence-corrected chi connectivity index (χ2v) is 12.4. The summed E-state index contributed by atoms with van der Waals surface area (Å²) >= 11 is 0. The van der Waals surface area contributed by atoms with E-state index in [9.17, 15) is 4.79 Å². The monoisotopic (exact) mass is 609 g/mol. The Labute approximate surface area is 264 Å². The highest BCUT2D eigenvalue weighted by Gasteiger charge is 2.25. The van der Waals surface area contributed by atoms with Crippen LogP contribution in [0.2, 0.25) is 0 Å². The Hall–Kier alpha value is -3.18. The fourth-order valence-electron chi connectivity index (χ4n) is 6.51. The molecule has 2 aliphatic carbocycles.